The Bertz CT molecular complexity index is 538. The molecule has 1 N–H and O–H groups in total. The summed E-state index contributed by atoms with van der Waals surface area (Å²) in [4.78, 5) is 11.2. The van der Waals surface area contributed by atoms with Crippen LogP contribution in [0.3, 0.4) is 0 Å². The van der Waals surface area contributed by atoms with Crippen LogP contribution in [0.25, 0.3) is 0 Å². The lowest BCUT2D eigenvalue weighted by molar-refractivity contribution is -0.144. The smallest absolute Gasteiger partial charge is 0.322 e. The van der Waals surface area contributed by atoms with Crippen molar-refractivity contribution >= 4 is 25.8 Å². The Morgan fingerprint density at radius 1 is 1.26 bits per heavy atom. The van der Waals surface area contributed by atoms with E-state index in [2.05, 4.69) is 0 Å². The monoisotopic (exact) mass is 313 g/mol. The summed E-state index contributed by atoms with van der Waals surface area (Å²) in [5, 5.41) is 9.15. The molecule has 0 aromatic heterocycles. The largest absolute Gasteiger partial charge is 0.480 e. The molecule has 1 heterocycles. The van der Waals surface area contributed by atoms with Crippen LogP contribution in [0.15, 0.2) is 0 Å². The van der Waals surface area contributed by atoms with E-state index in [-0.39, 0.29) is 12.5 Å². The number of carbonyl (C=O) groups is 1. The molecule has 112 valence electrons. The van der Waals surface area contributed by atoms with E-state index in [1.54, 1.807) is 6.92 Å². The third-order valence-electron chi connectivity index (χ3n) is 3.21. The Hall–Kier alpha value is -0.670. The van der Waals surface area contributed by atoms with Crippen molar-refractivity contribution in [1.29, 1.82) is 0 Å². The standard InChI is InChI=1S/C10H19NO6S2/c1-8-4-3-5-11(9(8)10(12)13)19(16,17)7-6-18(2,14)15/h8-9H,3-7H2,1-2H3,(H,12,13). The van der Waals surface area contributed by atoms with Crippen LogP contribution in [0, 0.1) is 5.92 Å². The zero-order chi connectivity index (χ0) is 14.8. The maximum Gasteiger partial charge on any atom is 0.322 e. The molecule has 0 amide bonds. The van der Waals surface area contributed by atoms with Gasteiger partial charge in [-0.05, 0) is 18.8 Å². The van der Waals surface area contributed by atoms with E-state index < -0.39 is 43.4 Å². The number of aliphatic carboxylic acids is 1. The SMILES string of the molecule is CC1CCCN(S(=O)(=O)CCS(C)(=O)=O)C1C(=O)O. The summed E-state index contributed by atoms with van der Waals surface area (Å²) >= 11 is 0. The molecule has 1 aliphatic rings. The van der Waals surface area contributed by atoms with Gasteiger partial charge in [0.25, 0.3) is 0 Å². The highest BCUT2D eigenvalue weighted by atomic mass is 32.2. The first-order valence-electron chi connectivity index (χ1n) is 5.94. The molecule has 0 aromatic rings. The van der Waals surface area contributed by atoms with Gasteiger partial charge in [0.2, 0.25) is 10.0 Å². The van der Waals surface area contributed by atoms with Gasteiger partial charge in [0, 0.05) is 12.8 Å². The fourth-order valence-corrected chi connectivity index (χ4v) is 5.54. The van der Waals surface area contributed by atoms with Crippen LogP contribution in [0.2, 0.25) is 0 Å². The Balaban J connectivity index is 2.94. The van der Waals surface area contributed by atoms with Gasteiger partial charge >= 0.3 is 5.97 Å². The van der Waals surface area contributed by atoms with Gasteiger partial charge in [0.1, 0.15) is 15.9 Å². The van der Waals surface area contributed by atoms with E-state index in [9.17, 15) is 21.6 Å². The van der Waals surface area contributed by atoms with Gasteiger partial charge in [-0.1, -0.05) is 6.92 Å². The fourth-order valence-electron chi connectivity index (χ4n) is 2.20. The van der Waals surface area contributed by atoms with Crippen molar-refractivity contribution in [3.05, 3.63) is 0 Å². The summed E-state index contributed by atoms with van der Waals surface area (Å²) in [5.41, 5.74) is 0. The van der Waals surface area contributed by atoms with Crippen molar-refractivity contribution in [3.63, 3.8) is 0 Å². The molecule has 0 spiro atoms. The van der Waals surface area contributed by atoms with Crippen molar-refractivity contribution in [3.8, 4) is 0 Å². The van der Waals surface area contributed by atoms with Crippen molar-refractivity contribution in [2.45, 2.75) is 25.8 Å². The second-order valence-electron chi connectivity index (χ2n) is 4.96. The Labute approximate surface area is 113 Å². The van der Waals surface area contributed by atoms with Gasteiger partial charge in [-0.25, -0.2) is 16.8 Å². The summed E-state index contributed by atoms with van der Waals surface area (Å²) in [7, 11) is -7.27. The highest BCUT2D eigenvalue weighted by Crippen LogP contribution is 2.26. The van der Waals surface area contributed by atoms with E-state index in [0.29, 0.717) is 12.8 Å². The molecule has 1 aliphatic heterocycles. The first kappa shape index (κ1) is 16.4. The van der Waals surface area contributed by atoms with Crippen LogP contribution in [0.1, 0.15) is 19.8 Å². The van der Waals surface area contributed by atoms with Gasteiger partial charge in [-0.3, -0.25) is 4.79 Å². The second-order valence-corrected chi connectivity index (χ2v) is 9.26. The normalized spacial score (nSPS) is 26.2. The molecule has 1 saturated heterocycles. The molecule has 0 aliphatic carbocycles. The Kier molecular flexibility index (Phi) is 4.97. The van der Waals surface area contributed by atoms with Crippen LogP contribution in [-0.2, 0) is 24.7 Å². The summed E-state index contributed by atoms with van der Waals surface area (Å²) in [5.74, 6) is -2.52. The number of hydrogen-bond donors (Lipinski definition) is 1. The predicted molar refractivity (Wildman–Crippen MR) is 70.0 cm³/mol. The van der Waals surface area contributed by atoms with Crippen LogP contribution in [0.4, 0.5) is 0 Å². The van der Waals surface area contributed by atoms with Crippen molar-refractivity contribution in [2.75, 3.05) is 24.3 Å². The van der Waals surface area contributed by atoms with E-state index in [0.717, 1.165) is 10.6 Å². The molecule has 2 unspecified atom stereocenters. The zero-order valence-corrected chi connectivity index (χ0v) is 12.6. The van der Waals surface area contributed by atoms with Crippen LogP contribution in [-0.4, -0.2) is 62.6 Å². The molecule has 0 bridgehead atoms. The van der Waals surface area contributed by atoms with Gasteiger partial charge in [-0.15, -0.1) is 0 Å². The van der Waals surface area contributed by atoms with Gasteiger partial charge in [-0.2, -0.15) is 4.31 Å². The summed E-state index contributed by atoms with van der Waals surface area (Å²) in [6, 6.07) is -1.10. The van der Waals surface area contributed by atoms with Gasteiger partial charge in [0.05, 0.1) is 11.5 Å². The third-order valence-corrected chi connectivity index (χ3v) is 6.26. The minimum absolute atomic E-state index is 0.132. The number of hydrogen-bond acceptors (Lipinski definition) is 5. The molecule has 1 rings (SSSR count). The first-order valence-corrected chi connectivity index (χ1v) is 9.61. The van der Waals surface area contributed by atoms with E-state index in [4.69, 9.17) is 5.11 Å². The first-order chi connectivity index (χ1) is 8.54. The third kappa shape index (κ3) is 4.43. The number of sulfonamides is 1. The average molecular weight is 313 g/mol. The maximum atomic E-state index is 12.1. The van der Waals surface area contributed by atoms with Crippen molar-refractivity contribution in [1.82, 2.24) is 4.31 Å². The number of sulfone groups is 1. The highest BCUT2D eigenvalue weighted by Gasteiger charge is 2.40. The zero-order valence-electron chi connectivity index (χ0n) is 10.9. The van der Waals surface area contributed by atoms with Gasteiger partial charge < -0.3 is 5.11 Å². The average Bonchev–Trinajstić information content (AvgIpc) is 2.25. The van der Waals surface area contributed by atoms with E-state index >= 15 is 0 Å². The molecule has 2 atom stereocenters. The van der Waals surface area contributed by atoms with Crippen LogP contribution < -0.4 is 0 Å². The van der Waals surface area contributed by atoms with Crippen LogP contribution in [0.5, 0.6) is 0 Å². The summed E-state index contributed by atoms with van der Waals surface area (Å²) in [6.45, 7) is 1.82. The summed E-state index contributed by atoms with van der Waals surface area (Å²) in [6.07, 6.45) is 2.19. The quantitative estimate of drug-likeness (QED) is 0.736. The number of rotatable bonds is 5. The van der Waals surface area contributed by atoms with Crippen LogP contribution >= 0.6 is 0 Å². The lowest BCUT2D eigenvalue weighted by Gasteiger charge is -2.36. The lowest BCUT2D eigenvalue weighted by atomic mass is 9.93. The number of carboxylic acid groups (broad SMARTS) is 1. The Morgan fingerprint density at radius 2 is 1.84 bits per heavy atom. The Morgan fingerprint density at radius 3 is 2.32 bits per heavy atom. The molecule has 0 radical (unpaired) electrons. The fraction of sp³-hybridized carbons (Fsp3) is 0.900. The molecular weight excluding hydrogens is 294 g/mol. The second kappa shape index (κ2) is 5.76. The van der Waals surface area contributed by atoms with Gasteiger partial charge in [0.15, 0.2) is 0 Å². The number of nitrogens with zero attached hydrogens (tertiary/aromatic N) is 1. The molecule has 0 saturated carbocycles. The topological polar surface area (TPSA) is 109 Å². The molecular formula is C10H19NO6S2. The number of piperidine rings is 1. The lowest BCUT2D eigenvalue weighted by Crippen LogP contribution is -2.52. The van der Waals surface area contributed by atoms with Crippen molar-refractivity contribution < 1.29 is 26.7 Å². The maximum absolute atomic E-state index is 12.1. The number of carboxylic acids is 1. The van der Waals surface area contributed by atoms with E-state index in [1.807, 2.05) is 0 Å². The highest BCUT2D eigenvalue weighted by molar-refractivity contribution is 7.93. The van der Waals surface area contributed by atoms with E-state index in [1.165, 1.54) is 0 Å². The molecule has 9 heteroatoms. The minimum Gasteiger partial charge on any atom is -0.480 e. The van der Waals surface area contributed by atoms with Crippen molar-refractivity contribution in [2.24, 2.45) is 5.92 Å². The predicted octanol–water partition coefficient (Wildman–Crippen LogP) is -0.454. The minimum atomic E-state index is -3.87. The molecule has 0 aromatic carbocycles. The molecule has 1 fully saturated rings. The molecule has 19 heavy (non-hydrogen) atoms. The summed E-state index contributed by atoms with van der Waals surface area (Å²) < 4.78 is 47.2. The molecule has 7 nitrogen and oxygen atoms in total.